The molecule has 3 aromatic heterocycles. The number of hydrogen-bond donors (Lipinski definition) is 1. The average Bonchev–Trinajstić information content (AvgIpc) is 3.02. The smallest absolute Gasteiger partial charge is 0.165 e. The van der Waals surface area contributed by atoms with Crippen molar-refractivity contribution in [3.8, 4) is 11.1 Å². The first-order valence-electron chi connectivity index (χ1n) is 9.28. The number of nitrogens with one attached hydrogen (secondary N) is 1. The molecule has 0 aliphatic carbocycles. The predicted octanol–water partition coefficient (Wildman–Crippen LogP) is 4.45. The Bertz CT molecular complexity index is 1040. The molecular formula is C22H23N5. The minimum Gasteiger partial charge on any atom is -0.370 e. The summed E-state index contributed by atoms with van der Waals surface area (Å²) in [6.07, 6.45) is 3.80. The van der Waals surface area contributed by atoms with E-state index in [0.29, 0.717) is 0 Å². The molecule has 0 radical (unpaired) electrons. The number of rotatable bonds is 6. The summed E-state index contributed by atoms with van der Waals surface area (Å²) in [6, 6.07) is 18.4. The van der Waals surface area contributed by atoms with E-state index in [9.17, 15) is 0 Å². The van der Waals surface area contributed by atoms with Crippen molar-refractivity contribution in [2.45, 2.75) is 26.7 Å². The molecule has 5 nitrogen and oxygen atoms in total. The standard InChI is InChI=1S/C22H23N5/c1-16-15-20(24-14-8-12-19-11-6-7-13-23-19)27-22(25-16)21(17(2)26-27)18-9-4-3-5-10-18/h3-7,9-11,13,15,24H,8,12,14H2,1-2H3. The van der Waals surface area contributed by atoms with Crippen molar-refractivity contribution in [3.63, 3.8) is 0 Å². The van der Waals surface area contributed by atoms with Gasteiger partial charge >= 0.3 is 0 Å². The number of aryl methyl sites for hydroxylation is 3. The molecule has 1 N–H and O–H groups in total. The van der Waals surface area contributed by atoms with Crippen LogP contribution in [0.25, 0.3) is 16.8 Å². The van der Waals surface area contributed by atoms with E-state index in [4.69, 9.17) is 10.1 Å². The Labute approximate surface area is 159 Å². The van der Waals surface area contributed by atoms with Crippen LogP contribution in [0.4, 0.5) is 5.82 Å². The van der Waals surface area contributed by atoms with E-state index < -0.39 is 0 Å². The molecule has 0 fully saturated rings. The largest absolute Gasteiger partial charge is 0.370 e. The van der Waals surface area contributed by atoms with E-state index in [1.807, 2.05) is 54.9 Å². The van der Waals surface area contributed by atoms with Crippen molar-refractivity contribution in [2.24, 2.45) is 0 Å². The molecule has 0 saturated carbocycles. The van der Waals surface area contributed by atoms with Crippen molar-refractivity contribution in [3.05, 3.63) is 77.9 Å². The molecule has 4 aromatic rings. The first-order valence-corrected chi connectivity index (χ1v) is 9.28. The van der Waals surface area contributed by atoms with Crippen LogP contribution in [0.5, 0.6) is 0 Å². The topological polar surface area (TPSA) is 55.1 Å². The Morgan fingerprint density at radius 1 is 1.00 bits per heavy atom. The third-order valence-corrected chi connectivity index (χ3v) is 4.60. The highest BCUT2D eigenvalue weighted by Crippen LogP contribution is 2.28. The molecule has 27 heavy (non-hydrogen) atoms. The fourth-order valence-electron chi connectivity index (χ4n) is 3.35. The molecule has 0 unspecified atom stereocenters. The van der Waals surface area contributed by atoms with E-state index in [1.165, 1.54) is 0 Å². The van der Waals surface area contributed by atoms with Crippen LogP contribution in [-0.2, 0) is 6.42 Å². The second-order valence-corrected chi connectivity index (χ2v) is 6.70. The molecule has 0 aliphatic heterocycles. The fourth-order valence-corrected chi connectivity index (χ4v) is 3.35. The van der Waals surface area contributed by atoms with Crippen LogP contribution in [-0.4, -0.2) is 26.1 Å². The van der Waals surface area contributed by atoms with Gasteiger partial charge in [0.05, 0.1) is 5.69 Å². The zero-order chi connectivity index (χ0) is 18.6. The lowest BCUT2D eigenvalue weighted by molar-refractivity contribution is 0.819. The number of anilines is 1. The average molecular weight is 357 g/mol. The Morgan fingerprint density at radius 2 is 1.81 bits per heavy atom. The van der Waals surface area contributed by atoms with Crippen LogP contribution >= 0.6 is 0 Å². The zero-order valence-corrected chi connectivity index (χ0v) is 15.7. The summed E-state index contributed by atoms with van der Waals surface area (Å²) in [5.74, 6) is 0.976. The molecule has 4 rings (SSSR count). The van der Waals surface area contributed by atoms with Gasteiger partial charge in [0, 0.05) is 35.8 Å². The van der Waals surface area contributed by atoms with Crippen molar-refractivity contribution in [1.29, 1.82) is 0 Å². The maximum atomic E-state index is 4.76. The molecule has 3 heterocycles. The molecule has 5 heteroatoms. The Kier molecular flexibility index (Phi) is 4.83. The van der Waals surface area contributed by atoms with Crippen LogP contribution in [0.3, 0.4) is 0 Å². The number of hydrogen-bond acceptors (Lipinski definition) is 4. The maximum absolute atomic E-state index is 4.76. The molecule has 0 atom stereocenters. The number of nitrogens with zero attached hydrogens (tertiary/aromatic N) is 4. The third kappa shape index (κ3) is 3.67. The van der Waals surface area contributed by atoms with Gasteiger partial charge in [0.15, 0.2) is 5.65 Å². The molecule has 0 aliphatic rings. The summed E-state index contributed by atoms with van der Waals surface area (Å²) in [7, 11) is 0. The lowest BCUT2D eigenvalue weighted by Gasteiger charge is -2.10. The lowest BCUT2D eigenvalue weighted by Crippen LogP contribution is -2.09. The Morgan fingerprint density at radius 3 is 2.59 bits per heavy atom. The van der Waals surface area contributed by atoms with E-state index in [1.54, 1.807) is 0 Å². The quantitative estimate of drug-likeness (QED) is 0.518. The second-order valence-electron chi connectivity index (χ2n) is 6.70. The SMILES string of the molecule is Cc1cc(NCCCc2ccccn2)n2nc(C)c(-c3ccccc3)c2n1. The first-order chi connectivity index (χ1) is 13.2. The van der Waals surface area contributed by atoms with E-state index in [2.05, 4.69) is 34.6 Å². The van der Waals surface area contributed by atoms with Gasteiger partial charge in [-0.1, -0.05) is 36.4 Å². The number of benzene rings is 1. The summed E-state index contributed by atoms with van der Waals surface area (Å²) >= 11 is 0. The van der Waals surface area contributed by atoms with Crippen LogP contribution < -0.4 is 5.32 Å². The van der Waals surface area contributed by atoms with Gasteiger partial charge in [-0.3, -0.25) is 4.98 Å². The van der Waals surface area contributed by atoms with Gasteiger partial charge in [-0.2, -0.15) is 9.61 Å². The van der Waals surface area contributed by atoms with E-state index in [0.717, 1.165) is 59.1 Å². The number of fused-ring (bicyclic) bond motifs is 1. The minimum absolute atomic E-state index is 0.856. The highest BCUT2D eigenvalue weighted by Gasteiger charge is 2.15. The van der Waals surface area contributed by atoms with Crippen molar-refractivity contribution in [1.82, 2.24) is 19.6 Å². The summed E-state index contributed by atoms with van der Waals surface area (Å²) in [6.45, 7) is 4.92. The first kappa shape index (κ1) is 17.2. The van der Waals surface area contributed by atoms with Gasteiger partial charge < -0.3 is 5.32 Å². The molecule has 0 amide bonds. The third-order valence-electron chi connectivity index (χ3n) is 4.60. The monoisotopic (exact) mass is 357 g/mol. The van der Waals surface area contributed by atoms with E-state index >= 15 is 0 Å². The normalized spacial score (nSPS) is 11.0. The van der Waals surface area contributed by atoms with E-state index in [-0.39, 0.29) is 0 Å². The summed E-state index contributed by atoms with van der Waals surface area (Å²) in [4.78, 5) is 9.14. The second kappa shape index (κ2) is 7.58. The Balaban J connectivity index is 1.58. The molecule has 1 aromatic carbocycles. The maximum Gasteiger partial charge on any atom is 0.165 e. The fraction of sp³-hybridized carbons (Fsp3) is 0.227. The van der Waals surface area contributed by atoms with Crippen LogP contribution in [0.2, 0.25) is 0 Å². The lowest BCUT2D eigenvalue weighted by atomic mass is 10.1. The van der Waals surface area contributed by atoms with Gasteiger partial charge in [0.25, 0.3) is 0 Å². The van der Waals surface area contributed by atoms with Crippen molar-refractivity contribution < 1.29 is 0 Å². The van der Waals surface area contributed by atoms with Crippen LogP contribution in [0, 0.1) is 13.8 Å². The predicted molar refractivity (Wildman–Crippen MR) is 109 cm³/mol. The molecular weight excluding hydrogens is 334 g/mol. The molecule has 136 valence electrons. The van der Waals surface area contributed by atoms with Gasteiger partial charge in [-0.05, 0) is 44.4 Å². The summed E-state index contributed by atoms with van der Waals surface area (Å²) in [5.41, 5.74) is 6.21. The van der Waals surface area contributed by atoms with Crippen molar-refractivity contribution >= 4 is 11.5 Å². The Hall–Kier alpha value is -3.21. The van der Waals surface area contributed by atoms with Gasteiger partial charge in [0.1, 0.15) is 5.82 Å². The highest BCUT2D eigenvalue weighted by molar-refractivity contribution is 5.80. The van der Waals surface area contributed by atoms with Gasteiger partial charge in [0.2, 0.25) is 0 Å². The van der Waals surface area contributed by atoms with Crippen molar-refractivity contribution in [2.75, 3.05) is 11.9 Å². The number of aromatic nitrogens is 4. The minimum atomic E-state index is 0.856. The van der Waals surface area contributed by atoms with Crippen LogP contribution in [0.1, 0.15) is 23.5 Å². The molecule has 0 bridgehead atoms. The van der Waals surface area contributed by atoms with Gasteiger partial charge in [-0.15, -0.1) is 0 Å². The number of pyridine rings is 1. The molecule has 0 saturated heterocycles. The summed E-state index contributed by atoms with van der Waals surface area (Å²) < 4.78 is 1.92. The van der Waals surface area contributed by atoms with Gasteiger partial charge in [-0.25, -0.2) is 4.98 Å². The zero-order valence-electron chi connectivity index (χ0n) is 15.7. The summed E-state index contributed by atoms with van der Waals surface area (Å²) in [5, 5.41) is 8.27. The molecule has 0 spiro atoms. The highest BCUT2D eigenvalue weighted by atomic mass is 15.3. The van der Waals surface area contributed by atoms with Crippen LogP contribution in [0.15, 0.2) is 60.8 Å².